The second-order valence-corrected chi connectivity index (χ2v) is 7.10. The van der Waals surface area contributed by atoms with Crippen LogP contribution >= 0.6 is 0 Å². The molecule has 0 saturated carbocycles. The molecule has 9 nitrogen and oxygen atoms in total. The number of alkyl halides is 3. The molecule has 3 heterocycles. The largest absolute Gasteiger partial charge is 0.471 e. The molecule has 170 valence electrons. The average Bonchev–Trinajstić information content (AvgIpc) is 3.29. The number of nitrogens with one attached hydrogen (secondary N) is 1. The molecule has 0 saturated heterocycles. The van der Waals surface area contributed by atoms with Crippen LogP contribution in [-0.4, -0.2) is 40.3 Å². The molecule has 4 rings (SSSR count). The summed E-state index contributed by atoms with van der Waals surface area (Å²) in [5.41, 5.74) is 1.56. The molecule has 0 aliphatic heterocycles. The number of pyridine rings is 2. The van der Waals surface area contributed by atoms with Crippen molar-refractivity contribution >= 4 is 28.5 Å². The van der Waals surface area contributed by atoms with E-state index in [1.807, 2.05) is 19.0 Å². The van der Waals surface area contributed by atoms with Crippen LogP contribution in [0.2, 0.25) is 0 Å². The van der Waals surface area contributed by atoms with Crippen LogP contribution in [0.3, 0.4) is 0 Å². The van der Waals surface area contributed by atoms with E-state index in [-0.39, 0.29) is 23.5 Å². The summed E-state index contributed by atoms with van der Waals surface area (Å²) in [4.78, 5) is 26.0. The fourth-order valence-corrected chi connectivity index (χ4v) is 2.97. The van der Waals surface area contributed by atoms with Crippen molar-refractivity contribution in [3.63, 3.8) is 0 Å². The molecular weight excluding hydrogens is 441 g/mol. The van der Waals surface area contributed by atoms with E-state index in [0.717, 1.165) is 5.82 Å². The van der Waals surface area contributed by atoms with Gasteiger partial charge in [0, 0.05) is 43.0 Å². The third kappa shape index (κ3) is 4.84. The lowest BCUT2D eigenvalue weighted by Gasteiger charge is -2.12. The first-order valence-electron chi connectivity index (χ1n) is 9.57. The van der Waals surface area contributed by atoms with E-state index in [0.29, 0.717) is 16.6 Å². The molecule has 0 unspecified atom stereocenters. The van der Waals surface area contributed by atoms with Crippen molar-refractivity contribution in [2.75, 3.05) is 24.3 Å². The molecule has 0 bridgehead atoms. The van der Waals surface area contributed by atoms with Gasteiger partial charge in [-0.3, -0.25) is 10.3 Å². The number of hydrogen-bond donors (Lipinski definition) is 1. The maximum Gasteiger partial charge on any atom is 0.471 e. The Labute approximate surface area is 185 Å². The number of carbonyl (C=O) groups is 1. The number of hydrogen-bond acceptors (Lipinski definition) is 8. The van der Waals surface area contributed by atoms with Gasteiger partial charge in [-0.1, -0.05) is 11.2 Å². The minimum Gasteiger partial charge on any atom is -0.444 e. The zero-order chi connectivity index (χ0) is 23.6. The van der Waals surface area contributed by atoms with Crippen LogP contribution < -0.4 is 10.2 Å². The topological polar surface area (TPSA) is 106 Å². The van der Waals surface area contributed by atoms with Crippen molar-refractivity contribution in [1.82, 2.24) is 20.1 Å². The van der Waals surface area contributed by atoms with E-state index in [4.69, 9.17) is 4.74 Å². The summed E-state index contributed by atoms with van der Waals surface area (Å²) in [5, 5.41) is 6.49. The Balaban J connectivity index is 1.52. The van der Waals surface area contributed by atoms with Crippen molar-refractivity contribution < 1.29 is 27.2 Å². The summed E-state index contributed by atoms with van der Waals surface area (Å²) >= 11 is 0. The van der Waals surface area contributed by atoms with Gasteiger partial charge in [-0.05, 0) is 30.3 Å². The van der Waals surface area contributed by atoms with E-state index in [2.05, 4.69) is 29.9 Å². The Bertz CT molecular complexity index is 1290. The van der Waals surface area contributed by atoms with Gasteiger partial charge in [-0.15, -0.1) is 0 Å². The molecule has 0 radical (unpaired) electrons. The van der Waals surface area contributed by atoms with Crippen LogP contribution in [0.5, 0.6) is 0 Å². The van der Waals surface area contributed by atoms with E-state index < -0.39 is 18.2 Å². The molecule has 4 aromatic rings. The van der Waals surface area contributed by atoms with Crippen LogP contribution in [0.4, 0.5) is 29.5 Å². The molecule has 1 amide bonds. The number of anilines is 2. The monoisotopic (exact) mass is 458 g/mol. The first-order chi connectivity index (χ1) is 15.7. The number of carbonyl (C=O) groups excluding carboxylic acids is 1. The van der Waals surface area contributed by atoms with Crippen LogP contribution in [-0.2, 0) is 17.5 Å². The van der Waals surface area contributed by atoms with Gasteiger partial charge in [0.25, 0.3) is 0 Å². The molecule has 0 spiro atoms. The second-order valence-electron chi connectivity index (χ2n) is 7.10. The number of amides is 1. The molecule has 12 heteroatoms. The van der Waals surface area contributed by atoms with Crippen molar-refractivity contribution in [2.45, 2.75) is 12.8 Å². The SMILES string of the molecule is CN(C)c1ccc(COC(=O)Nc2ccc(-c3noc(C(F)(F)F)n3)c3ncccc23)cn1. The number of fused-ring (bicyclic) bond motifs is 1. The van der Waals surface area contributed by atoms with Gasteiger partial charge in [0.1, 0.15) is 12.4 Å². The summed E-state index contributed by atoms with van der Waals surface area (Å²) < 4.78 is 48.0. The first-order valence-corrected chi connectivity index (χ1v) is 9.57. The summed E-state index contributed by atoms with van der Waals surface area (Å²) in [5.74, 6) is -0.958. The van der Waals surface area contributed by atoms with Crippen molar-refractivity contribution in [1.29, 1.82) is 0 Å². The highest BCUT2D eigenvalue weighted by molar-refractivity contribution is 6.03. The van der Waals surface area contributed by atoms with Gasteiger partial charge in [0.15, 0.2) is 0 Å². The summed E-state index contributed by atoms with van der Waals surface area (Å²) in [7, 11) is 3.73. The Morgan fingerprint density at radius 1 is 1.15 bits per heavy atom. The zero-order valence-corrected chi connectivity index (χ0v) is 17.4. The lowest BCUT2D eigenvalue weighted by Crippen LogP contribution is -2.14. The molecule has 1 N–H and O–H groups in total. The smallest absolute Gasteiger partial charge is 0.444 e. The lowest BCUT2D eigenvalue weighted by molar-refractivity contribution is -0.159. The van der Waals surface area contributed by atoms with Gasteiger partial charge in [0.05, 0.1) is 11.2 Å². The Hall–Kier alpha value is -4.22. The van der Waals surface area contributed by atoms with Crippen LogP contribution in [0.25, 0.3) is 22.3 Å². The molecule has 1 aromatic carbocycles. The summed E-state index contributed by atoms with van der Waals surface area (Å²) in [6.45, 7) is 0.00386. The Morgan fingerprint density at radius 3 is 2.64 bits per heavy atom. The second kappa shape index (κ2) is 8.73. The normalized spacial score (nSPS) is 11.4. The van der Waals surface area contributed by atoms with E-state index in [1.54, 1.807) is 30.5 Å². The molecule has 3 aromatic heterocycles. The minimum absolute atomic E-state index is 0.00386. The van der Waals surface area contributed by atoms with Gasteiger partial charge in [-0.25, -0.2) is 9.78 Å². The number of nitrogens with zero attached hydrogens (tertiary/aromatic N) is 5. The maximum absolute atomic E-state index is 12.8. The Kier molecular flexibility index (Phi) is 5.82. The highest BCUT2D eigenvalue weighted by Crippen LogP contribution is 2.33. The molecule has 0 aliphatic rings. The van der Waals surface area contributed by atoms with E-state index in [1.165, 1.54) is 18.3 Å². The third-order valence-corrected chi connectivity index (χ3v) is 4.55. The predicted molar refractivity (Wildman–Crippen MR) is 112 cm³/mol. The van der Waals surface area contributed by atoms with Gasteiger partial charge >= 0.3 is 18.2 Å². The van der Waals surface area contributed by atoms with E-state index >= 15 is 0 Å². The van der Waals surface area contributed by atoms with Gasteiger partial charge in [0.2, 0.25) is 5.82 Å². The molecule has 0 fully saturated rings. The standard InChI is InChI=1S/C21H17F3N6O3/c1-30(2)16-8-5-12(10-26-16)11-32-20(31)27-15-7-6-14(17-13(15)4-3-9-25-17)18-28-19(33-29-18)21(22,23)24/h3-10H,11H2,1-2H3,(H,27,31). The zero-order valence-electron chi connectivity index (χ0n) is 17.4. The average molecular weight is 458 g/mol. The van der Waals surface area contributed by atoms with Crippen molar-refractivity contribution in [3.05, 3.63) is 60.2 Å². The van der Waals surface area contributed by atoms with Gasteiger partial charge < -0.3 is 14.2 Å². The molecule has 33 heavy (non-hydrogen) atoms. The van der Waals surface area contributed by atoms with Crippen LogP contribution in [0, 0.1) is 0 Å². The predicted octanol–water partition coefficient (Wildman–Crippen LogP) is 4.51. The number of benzene rings is 1. The number of ether oxygens (including phenoxy) is 1. The van der Waals surface area contributed by atoms with Gasteiger partial charge in [-0.2, -0.15) is 18.2 Å². The van der Waals surface area contributed by atoms with Crippen LogP contribution in [0.1, 0.15) is 11.5 Å². The third-order valence-electron chi connectivity index (χ3n) is 4.55. The highest BCUT2D eigenvalue weighted by Gasteiger charge is 2.38. The maximum atomic E-state index is 12.8. The molecule has 0 atom stereocenters. The number of aromatic nitrogens is 4. The Morgan fingerprint density at radius 2 is 1.97 bits per heavy atom. The van der Waals surface area contributed by atoms with Crippen LogP contribution in [0.15, 0.2) is 53.3 Å². The first kappa shape index (κ1) is 22.0. The van der Waals surface area contributed by atoms with Crippen molar-refractivity contribution in [2.24, 2.45) is 0 Å². The summed E-state index contributed by atoms with van der Waals surface area (Å²) in [6.07, 6.45) is -2.41. The quantitative estimate of drug-likeness (QED) is 0.466. The van der Waals surface area contributed by atoms with Crippen molar-refractivity contribution in [3.8, 4) is 11.4 Å². The molecule has 0 aliphatic carbocycles. The minimum atomic E-state index is -4.76. The lowest BCUT2D eigenvalue weighted by atomic mass is 10.1. The fraction of sp³-hybridized carbons (Fsp3) is 0.190. The summed E-state index contributed by atoms with van der Waals surface area (Å²) in [6, 6.07) is 9.81. The molecular formula is C21H17F3N6O3. The fourth-order valence-electron chi connectivity index (χ4n) is 2.97. The van der Waals surface area contributed by atoms with E-state index in [9.17, 15) is 18.0 Å². The highest BCUT2D eigenvalue weighted by atomic mass is 19.4. The number of halogens is 3. The number of rotatable bonds is 5.